The highest BCUT2D eigenvalue weighted by molar-refractivity contribution is 8.00. The molecule has 2 aliphatic heterocycles. The van der Waals surface area contributed by atoms with E-state index in [1.165, 1.54) is 0 Å². The van der Waals surface area contributed by atoms with Crippen LogP contribution in [0.5, 0.6) is 0 Å². The van der Waals surface area contributed by atoms with E-state index < -0.39 is 12.1 Å². The van der Waals surface area contributed by atoms with Crippen molar-refractivity contribution in [2.24, 2.45) is 5.92 Å². The zero-order valence-electron chi connectivity index (χ0n) is 23.3. The van der Waals surface area contributed by atoms with Crippen LogP contribution in [0.4, 0.5) is 4.79 Å². The number of amides is 5. The average Bonchev–Trinajstić information content (AvgIpc) is 3.44. The number of hydrogen-bond donors (Lipinski definition) is 5. The van der Waals surface area contributed by atoms with E-state index in [2.05, 4.69) is 32.5 Å². The summed E-state index contributed by atoms with van der Waals surface area (Å²) in [6.45, 7) is 4.45. The first-order valence-electron chi connectivity index (χ1n) is 14.2. The molecule has 0 saturated carbocycles. The van der Waals surface area contributed by atoms with Crippen molar-refractivity contribution < 1.29 is 24.0 Å². The van der Waals surface area contributed by atoms with E-state index >= 15 is 0 Å². The molecule has 0 aromatic heterocycles. The third-order valence-corrected chi connectivity index (χ3v) is 8.43. The van der Waals surface area contributed by atoms with Crippen LogP contribution in [0.3, 0.4) is 0 Å². The number of thioether (sulfide) groups is 1. The summed E-state index contributed by atoms with van der Waals surface area (Å²) in [5.41, 5.74) is 0. The molecule has 0 aromatic carbocycles. The Balaban J connectivity index is 1.58. The molecule has 10 nitrogen and oxygen atoms in total. The molecule has 5 amide bonds. The number of fused-ring (bicyclic) bond motifs is 1. The zero-order chi connectivity index (χ0) is 28.6. The molecule has 5 N–H and O–H groups in total. The van der Waals surface area contributed by atoms with Crippen LogP contribution in [-0.2, 0) is 19.2 Å². The monoisotopic (exact) mass is 563 g/mol. The number of carbonyl (C=O) groups is 5. The zero-order valence-corrected chi connectivity index (χ0v) is 24.1. The lowest BCUT2D eigenvalue weighted by Gasteiger charge is -2.22. The third-order valence-electron chi connectivity index (χ3n) is 6.92. The highest BCUT2D eigenvalue weighted by Gasteiger charge is 2.42. The summed E-state index contributed by atoms with van der Waals surface area (Å²) in [6.07, 6.45) is 12.7. The second kappa shape index (κ2) is 17.8. The Kier molecular flexibility index (Phi) is 14.8. The molecule has 218 valence electrons. The van der Waals surface area contributed by atoms with Gasteiger partial charge in [0.15, 0.2) is 0 Å². The minimum atomic E-state index is -0.702. The molecule has 2 saturated heterocycles. The lowest BCUT2D eigenvalue weighted by atomic mass is 10.0. The molecule has 2 aliphatic rings. The Bertz CT molecular complexity index is 877. The molecule has 5 atom stereocenters. The standard InChI is InChI=1S/C28H45N5O5S/c1-4-5-6-14-25(36)31-21(16-19(2)3)27(37)30-20(17-34)11-9-10-15-29-24(35)13-8-7-12-23-26-22(18-39-23)32-28(38)33-26/h1,17,19-23,26H,5-16,18H2,2-3H3,(H,29,35)(H,30,37)(H,31,36)(H2,32,33,38)/t20-,21-,22-,23-,26-/m0/s1. The highest BCUT2D eigenvalue weighted by atomic mass is 32.2. The molecule has 0 radical (unpaired) electrons. The fourth-order valence-electron chi connectivity index (χ4n) is 4.86. The van der Waals surface area contributed by atoms with Gasteiger partial charge >= 0.3 is 6.03 Å². The van der Waals surface area contributed by atoms with Crippen molar-refractivity contribution in [1.82, 2.24) is 26.6 Å². The van der Waals surface area contributed by atoms with Gasteiger partial charge in [-0.2, -0.15) is 11.8 Å². The molecular weight excluding hydrogens is 518 g/mol. The van der Waals surface area contributed by atoms with Gasteiger partial charge in [-0.15, -0.1) is 12.3 Å². The molecule has 0 aromatic rings. The lowest BCUT2D eigenvalue weighted by Crippen LogP contribution is -2.50. The SMILES string of the molecule is C#CCCCC(=O)N[C@@H](CC(C)C)C(=O)N[C@H](C=O)CCCCNC(=O)CCCC[C@@H]1SC[C@@H]2NC(=O)N[C@@H]21. The van der Waals surface area contributed by atoms with E-state index in [4.69, 9.17) is 6.42 Å². The minimum Gasteiger partial charge on any atom is -0.356 e. The molecule has 0 unspecified atom stereocenters. The van der Waals surface area contributed by atoms with E-state index in [-0.39, 0.29) is 48.2 Å². The first-order valence-corrected chi connectivity index (χ1v) is 15.2. The summed E-state index contributed by atoms with van der Waals surface area (Å²) in [6, 6.07) is -1.01. The first kappa shape index (κ1) is 32.5. The van der Waals surface area contributed by atoms with Gasteiger partial charge in [0.1, 0.15) is 12.3 Å². The number of carbonyl (C=O) groups excluding carboxylic acids is 5. The van der Waals surface area contributed by atoms with E-state index in [1.54, 1.807) is 0 Å². The van der Waals surface area contributed by atoms with Gasteiger partial charge in [0.2, 0.25) is 17.7 Å². The normalized spacial score (nSPS) is 21.2. The quantitative estimate of drug-likeness (QED) is 0.0704. The summed E-state index contributed by atoms with van der Waals surface area (Å²) < 4.78 is 0. The molecule has 0 spiro atoms. The van der Waals surface area contributed by atoms with Gasteiger partial charge in [-0.05, 0) is 50.9 Å². The molecular formula is C28H45N5O5S. The largest absolute Gasteiger partial charge is 0.356 e. The van der Waals surface area contributed by atoms with Gasteiger partial charge < -0.3 is 31.4 Å². The van der Waals surface area contributed by atoms with Crippen LogP contribution in [0.25, 0.3) is 0 Å². The lowest BCUT2D eigenvalue weighted by molar-refractivity contribution is -0.130. The smallest absolute Gasteiger partial charge is 0.315 e. The fraction of sp³-hybridized carbons (Fsp3) is 0.750. The van der Waals surface area contributed by atoms with Crippen LogP contribution < -0.4 is 26.6 Å². The molecule has 39 heavy (non-hydrogen) atoms. The number of rotatable bonds is 19. The topological polar surface area (TPSA) is 146 Å². The van der Waals surface area contributed by atoms with Crippen LogP contribution in [0.15, 0.2) is 0 Å². The maximum absolute atomic E-state index is 12.8. The average molecular weight is 564 g/mol. The predicted molar refractivity (Wildman–Crippen MR) is 153 cm³/mol. The molecule has 2 fully saturated rings. The Morgan fingerprint density at radius 1 is 1.08 bits per heavy atom. The Hall–Kier alpha value is -2.74. The van der Waals surface area contributed by atoms with Crippen molar-refractivity contribution in [3.05, 3.63) is 0 Å². The molecule has 11 heteroatoms. The van der Waals surface area contributed by atoms with E-state index in [0.717, 1.165) is 31.3 Å². The summed E-state index contributed by atoms with van der Waals surface area (Å²) in [4.78, 5) is 60.1. The number of hydrogen-bond acceptors (Lipinski definition) is 6. The third kappa shape index (κ3) is 12.3. The van der Waals surface area contributed by atoms with Gasteiger partial charge in [0.25, 0.3) is 0 Å². The Labute approximate surface area is 236 Å². The van der Waals surface area contributed by atoms with Crippen molar-refractivity contribution in [2.45, 2.75) is 114 Å². The van der Waals surface area contributed by atoms with Crippen LogP contribution in [0.2, 0.25) is 0 Å². The summed E-state index contributed by atoms with van der Waals surface area (Å²) in [7, 11) is 0. The van der Waals surface area contributed by atoms with Gasteiger partial charge in [0.05, 0.1) is 18.1 Å². The van der Waals surface area contributed by atoms with Crippen LogP contribution >= 0.6 is 11.8 Å². The second-order valence-corrected chi connectivity index (χ2v) is 12.0. The number of nitrogens with one attached hydrogen (secondary N) is 5. The van der Waals surface area contributed by atoms with Crippen molar-refractivity contribution in [2.75, 3.05) is 12.3 Å². The predicted octanol–water partition coefficient (Wildman–Crippen LogP) is 2.02. The summed E-state index contributed by atoms with van der Waals surface area (Å²) in [5.74, 6) is 3.04. The minimum absolute atomic E-state index is 0.0116. The maximum Gasteiger partial charge on any atom is 0.315 e. The van der Waals surface area contributed by atoms with Crippen LogP contribution in [0.1, 0.15) is 84.5 Å². The van der Waals surface area contributed by atoms with Crippen molar-refractivity contribution in [1.29, 1.82) is 0 Å². The summed E-state index contributed by atoms with van der Waals surface area (Å²) >= 11 is 1.88. The van der Waals surface area contributed by atoms with E-state index in [0.29, 0.717) is 56.7 Å². The van der Waals surface area contributed by atoms with E-state index in [1.807, 2.05) is 25.6 Å². The highest BCUT2D eigenvalue weighted by Crippen LogP contribution is 2.33. The van der Waals surface area contributed by atoms with Crippen molar-refractivity contribution >= 4 is 41.8 Å². The number of terminal acetylenes is 1. The number of unbranched alkanes of at least 4 members (excludes halogenated alkanes) is 3. The Morgan fingerprint density at radius 3 is 2.56 bits per heavy atom. The van der Waals surface area contributed by atoms with Crippen LogP contribution in [0, 0.1) is 18.3 Å². The maximum atomic E-state index is 12.8. The van der Waals surface area contributed by atoms with Gasteiger partial charge in [-0.1, -0.05) is 20.3 Å². The molecule has 2 heterocycles. The first-order chi connectivity index (χ1) is 18.7. The Morgan fingerprint density at radius 2 is 1.85 bits per heavy atom. The van der Waals surface area contributed by atoms with Crippen molar-refractivity contribution in [3.63, 3.8) is 0 Å². The molecule has 0 aliphatic carbocycles. The number of aldehydes is 1. The number of urea groups is 1. The van der Waals surface area contributed by atoms with Crippen molar-refractivity contribution in [3.8, 4) is 12.3 Å². The fourth-order valence-corrected chi connectivity index (χ4v) is 6.40. The molecule has 0 bridgehead atoms. The summed E-state index contributed by atoms with van der Waals surface area (Å²) in [5, 5.41) is 14.8. The van der Waals surface area contributed by atoms with Gasteiger partial charge in [-0.25, -0.2) is 4.79 Å². The molecule has 2 rings (SSSR count). The van der Waals surface area contributed by atoms with Crippen LogP contribution in [-0.4, -0.2) is 71.8 Å². The van der Waals surface area contributed by atoms with Gasteiger partial charge in [-0.3, -0.25) is 14.4 Å². The second-order valence-electron chi connectivity index (χ2n) is 10.8. The van der Waals surface area contributed by atoms with E-state index in [9.17, 15) is 24.0 Å². The van der Waals surface area contributed by atoms with Gasteiger partial charge in [0, 0.05) is 36.8 Å².